The molecule has 0 amide bonds. The average molecular weight is 477 g/mol. The van der Waals surface area contributed by atoms with Crippen LogP contribution in [0.3, 0.4) is 0 Å². The van der Waals surface area contributed by atoms with Gasteiger partial charge in [-0.2, -0.15) is 13.2 Å². The molecular weight excluding hydrogens is 449 g/mol. The van der Waals surface area contributed by atoms with E-state index in [1.807, 2.05) is 11.8 Å². The van der Waals surface area contributed by atoms with Crippen molar-refractivity contribution in [3.8, 4) is 5.75 Å². The van der Waals surface area contributed by atoms with Gasteiger partial charge in [0, 0.05) is 44.5 Å². The van der Waals surface area contributed by atoms with Crippen LogP contribution in [0, 0.1) is 0 Å². The normalized spacial score (nSPS) is 14.8. The van der Waals surface area contributed by atoms with Crippen molar-refractivity contribution in [1.82, 2.24) is 14.5 Å². The van der Waals surface area contributed by atoms with Crippen molar-refractivity contribution in [2.75, 3.05) is 44.2 Å². The Morgan fingerprint density at radius 3 is 2.41 bits per heavy atom. The van der Waals surface area contributed by atoms with Gasteiger partial charge >= 0.3 is 11.9 Å². The van der Waals surface area contributed by atoms with E-state index in [1.165, 1.54) is 10.8 Å². The Morgan fingerprint density at radius 2 is 1.75 bits per heavy atom. The smallest absolute Gasteiger partial charge is 0.422 e. The van der Waals surface area contributed by atoms with E-state index in [2.05, 4.69) is 9.88 Å². The Morgan fingerprint density at radius 1 is 1.06 bits per heavy atom. The second-order valence-electron chi connectivity index (χ2n) is 7.48. The molecular formula is C21H28ClF3N4O3. The number of hydrogen-bond acceptors (Lipinski definition) is 5. The number of hydrogen-bond donors (Lipinski definition) is 1. The predicted molar refractivity (Wildman–Crippen MR) is 119 cm³/mol. The van der Waals surface area contributed by atoms with Crippen molar-refractivity contribution in [2.24, 2.45) is 0 Å². The minimum atomic E-state index is -4.38. The van der Waals surface area contributed by atoms with E-state index < -0.39 is 18.5 Å². The van der Waals surface area contributed by atoms with E-state index >= 15 is 0 Å². The molecule has 1 saturated heterocycles. The molecule has 0 bridgehead atoms. The first-order valence-corrected chi connectivity index (χ1v) is 10.4. The van der Waals surface area contributed by atoms with Crippen LogP contribution < -0.4 is 20.9 Å². The Balaban J connectivity index is 0.00000363. The molecule has 32 heavy (non-hydrogen) atoms. The van der Waals surface area contributed by atoms with Crippen LogP contribution in [0.1, 0.15) is 18.9 Å². The topological polar surface area (TPSA) is 70.6 Å². The Bertz CT molecular complexity index is 985. The van der Waals surface area contributed by atoms with Gasteiger partial charge in [0.15, 0.2) is 6.61 Å². The summed E-state index contributed by atoms with van der Waals surface area (Å²) in [6.45, 7) is 4.38. The number of alkyl halides is 3. The maximum atomic E-state index is 12.5. The number of benzene rings is 1. The number of H-pyrrole nitrogens is 1. The summed E-state index contributed by atoms with van der Waals surface area (Å²) in [5.41, 5.74) is 0.592. The highest BCUT2D eigenvalue weighted by Gasteiger charge is 2.29. The molecule has 0 spiro atoms. The van der Waals surface area contributed by atoms with Gasteiger partial charge in [0.1, 0.15) is 5.75 Å². The molecule has 1 aromatic heterocycles. The summed E-state index contributed by atoms with van der Waals surface area (Å²) in [5, 5.41) is 0. The molecule has 0 saturated carbocycles. The number of aromatic nitrogens is 2. The summed E-state index contributed by atoms with van der Waals surface area (Å²) in [6.07, 6.45) is -1.70. The van der Waals surface area contributed by atoms with Crippen LogP contribution in [0.4, 0.5) is 18.9 Å². The molecule has 11 heteroatoms. The standard InChI is InChI=1S/C21H27F3N4O3.ClH/c1-2-16-14-25-20(30)28(19(16)29)9-5-8-26-10-12-27(13-11-26)17-6-3-4-7-18(17)31-15-21(22,23)24;/h3-4,6-7,14H,2,5,8-13,15H2,1H3,(H,25,30);1H. The van der Waals surface area contributed by atoms with Gasteiger partial charge in [0.25, 0.3) is 5.56 Å². The number of halogens is 4. The molecule has 1 aromatic carbocycles. The zero-order valence-corrected chi connectivity index (χ0v) is 18.7. The molecule has 1 aliphatic heterocycles. The quantitative estimate of drug-likeness (QED) is 0.634. The minimum Gasteiger partial charge on any atom is -0.482 e. The van der Waals surface area contributed by atoms with Gasteiger partial charge in [-0.25, -0.2) is 4.79 Å². The van der Waals surface area contributed by atoms with E-state index in [1.54, 1.807) is 24.3 Å². The number of piperazine rings is 1. The van der Waals surface area contributed by atoms with Crippen molar-refractivity contribution in [1.29, 1.82) is 0 Å². The van der Waals surface area contributed by atoms with Crippen LogP contribution in [0.15, 0.2) is 40.1 Å². The molecule has 2 aromatic rings. The van der Waals surface area contributed by atoms with Crippen molar-refractivity contribution < 1.29 is 17.9 Å². The Kier molecular flexibility index (Phi) is 9.21. The number of ether oxygens (including phenoxy) is 1. The third-order valence-corrected chi connectivity index (χ3v) is 5.34. The van der Waals surface area contributed by atoms with Crippen LogP contribution in [0.2, 0.25) is 0 Å². The van der Waals surface area contributed by atoms with Gasteiger partial charge < -0.3 is 14.6 Å². The lowest BCUT2D eigenvalue weighted by atomic mass is 10.2. The molecule has 7 nitrogen and oxygen atoms in total. The summed E-state index contributed by atoms with van der Waals surface area (Å²) in [4.78, 5) is 31.1. The number of nitrogens with one attached hydrogen (secondary N) is 1. The van der Waals surface area contributed by atoms with Gasteiger partial charge in [-0.15, -0.1) is 12.4 Å². The van der Waals surface area contributed by atoms with Gasteiger partial charge in [0.05, 0.1) is 5.69 Å². The Hall–Kier alpha value is -2.46. The summed E-state index contributed by atoms with van der Waals surface area (Å²) in [5.74, 6) is 0.225. The Labute approximate surface area is 190 Å². The maximum absolute atomic E-state index is 12.5. The molecule has 1 aliphatic rings. The molecule has 1 N–H and O–H groups in total. The zero-order chi connectivity index (χ0) is 22.4. The number of aryl methyl sites for hydroxylation is 1. The average Bonchev–Trinajstić information content (AvgIpc) is 2.75. The molecule has 0 unspecified atom stereocenters. The number of aromatic amines is 1. The fraction of sp³-hybridized carbons (Fsp3) is 0.524. The molecule has 0 radical (unpaired) electrons. The highest BCUT2D eigenvalue weighted by molar-refractivity contribution is 5.85. The van der Waals surface area contributed by atoms with Crippen molar-refractivity contribution in [2.45, 2.75) is 32.5 Å². The fourth-order valence-electron chi connectivity index (χ4n) is 3.68. The van der Waals surface area contributed by atoms with E-state index in [-0.39, 0.29) is 23.7 Å². The third kappa shape index (κ3) is 6.77. The van der Waals surface area contributed by atoms with Crippen molar-refractivity contribution in [3.05, 3.63) is 56.9 Å². The SMILES string of the molecule is CCc1c[nH]c(=O)n(CCCN2CCN(c3ccccc3OCC(F)(F)F)CC2)c1=O.Cl. The van der Waals surface area contributed by atoms with Crippen molar-refractivity contribution >= 4 is 18.1 Å². The molecule has 2 heterocycles. The lowest BCUT2D eigenvalue weighted by Crippen LogP contribution is -2.47. The van der Waals surface area contributed by atoms with Crippen LogP contribution >= 0.6 is 12.4 Å². The van der Waals surface area contributed by atoms with Crippen LogP contribution in [0.5, 0.6) is 5.75 Å². The highest BCUT2D eigenvalue weighted by atomic mass is 35.5. The molecule has 3 rings (SSSR count). The predicted octanol–water partition coefficient (Wildman–Crippen LogP) is 2.67. The fourth-order valence-corrected chi connectivity index (χ4v) is 3.68. The van der Waals surface area contributed by atoms with Crippen LogP contribution in [-0.4, -0.2) is 60.0 Å². The molecule has 0 aliphatic carbocycles. The minimum absolute atomic E-state index is 0. The first-order valence-electron chi connectivity index (χ1n) is 10.4. The van der Waals surface area contributed by atoms with Crippen LogP contribution in [-0.2, 0) is 13.0 Å². The zero-order valence-electron chi connectivity index (χ0n) is 17.9. The van der Waals surface area contributed by atoms with Gasteiger partial charge in [-0.3, -0.25) is 14.3 Å². The molecule has 178 valence electrons. The van der Waals surface area contributed by atoms with E-state index in [4.69, 9.17) is 4.74 Å². The lowest BCUT2D eigenvalue weighted by molar-refractivity contribution is -0.153. The summed E-state index contributed by atoms with van der Waals surface area (Å²) < 4.78 is 43.8. The van der Waals surface area contributed by atoms with E-state index in [9.17, 15) is 22.8 Å². The summed E-state index contributed by atoms with van der Waals surface area (Å²) in [7, 11) is 0. The first-order chi connectivity index (χ1) is 14.8. The number of para-hydroxylation sites is 2. The first kappa shape index (κ1) is 25.8. The lowest BCUT2D eigenvalue weighted by Gasteiger charge is -2.36. The van der Waals surface area contributed by atoms with E-state index in [0.29, 0.717) is 43.7 Å². The van der Waals surface area contributed by atoms with Crippen molar-refractivity contribution in [3.63, 3.8) is 0 Å². The third-order valence-electron chi connectivity index (χ3n) is 5.34. The molecule has 0 atom stereocenters. The summed E-state index contributed by atoms with van der Waals surface area (Å²) >= 11 is 0. The summed E-state index contributed by atoms with van der Waals surface area (Å²) in [6, 6.07) is 6.75. The second-order valence-corrected chi connectivity index (χ2v) is 7.48. The van der Waals surface area contributed by atoms with Gasteiger partial charge in [-0.1, -0.05) is 19.1 Å². The monoisotopic (exact) mass is 476 g/mol. The second kappa shape index (κ2) is 11.4. The number of nitrogens with zero attached hydrogens (tertiary/aromatic N) is 3. The largest absolute Gasteiger partial charge is 0.482 e. The highest BCUT2D eigenvalue weighted by Crippen LogP contribution is 2.30. The van der Waals surface area contributed by atoms with E-state index in [0.717, 1.165) is 19.6 Å². The number of rotatable bonds is 8. The maximum Gasteiger partial charge on any atom is 0.422 e. The van der Waals surface area contributed by atoms with Crippen LogP contribution in [0.25, 0.3) is 0 Å². The van der Waals surface area contributed by atoms with Gasteiger partial charge in [-0.05, 0) is 31.5 Å². The van der Waals surface area contributed by atoms with Gasteiger partial charge in [0.2, 0.25) is 0 Å². The molecule has 1 fully saturated rings. The number of anilines is 1.